The van der Waals surface area contributed by atoms with Gasteiger partial charge in [-0.15, -0.1) is 0 Å². The van der Waals surface area contributed by atoms with Crippen molar-refractivity contribution in [2.24, 2.45) is 17.8 Å². The van der Waals surface area contributed by atoms with Crippen molar-refractivity contribution in [3.05, 3.63) is 0 Å². The zero-order chi connectivity index (χ0) is 39.7. The van der Waals surface area contributed by atoms with E-state index in [2.05, 4.69) is 0 Å². The van der Waals surface area contributed by atoms with Gasteiger partial charge in [-0.1, -0.05) is 20.8 Å². The fraction of sp³-hybridized carbons (Fsp3) is 0.974. The first-order valence-corrected chi connectivity index (χ1v) is 19.1. The molecule has 0 radical (unpaired) electrons. The van der Waals surface area contributed by atoms with Gasteiger partial charge in [-0.2, -0.15) is 0 Å². The molecule has 0 amide bonds. The fourth-order valence-corrected chi connectivity index (χ4v) is 8.74. The van der Waals surface area contributed by atoms with Crippen molar-refractivity contribution in [1.82, 2.24) is 9.80 Å². The van der Waals surface area contributed by atoms with Gasteiger partial charge in [0.1, 0.15) is 30.0 Å². The minimum Gasteiger partial charge on any atom is -0.459 e. The summed E-state index contributed by atoms with van der Waals surface area (Å²) in [5, 5.41) is 58.1. The fourth-order valence-electron chi connectivity index (χ4n) is 8.74. The van der Waals surface area contributed by atoms with Crippen LogP contribution in [0.3, 0.4) is 0 Å². The lowest BCUT2D eigenvalue weighted by atomic mass is 9.77. The molecule has 0 aromatic heterocycles. The summed E-state index contributed by atoms with van der Waals surface area (Å²) in [6, 6.07) is -0.808. The van der Waals surface area contributed by atoms with Gasteiger partial charge in [-0.3, -0.25) is 4.79 Å². The summed E-state index contributed by atoms with van der Waals surface area (Å²) < 4.78 is 37.5. The van der Waals surface area contributed by atoms with Crippen LogP contribution in [0.15, 0.2) is 0 Å². The Bertz CT molecular complexity index is 1150. The van der Waals surface area contributed by atoms with Crippen LogP contribution in [-0.2, 0) is 33.2 Å². The Labute approximate surface area is 323 Å². The summed E-state index contributed by atoms with van der Waals surface area (Å²) in [7, 11) is 7.12. The van der Waals surface area contributed by atoms with Crippen LogP contribution in [0.4, 0.5) is 0 Å². The molecule has 0 spiro atoms. The Morgan fingerprint density at radius 3 is 2.06 bits per heavy atom. The number of hydrogen-bond acceptors (Lipinski definition) is 14. The largest absolute Gasteiger partial charge is 0.459 e. The van der Waals surface area contributed by atoms with Crippen molar-refractivity contribution < 1.29 is 69.7 Å². The molecule has 3 saturated heterocycles. The van der Waals surface area contributed by atoms with Gasteiger partial charge in [-0.05, 0) is 94.8 Å². The van der Waals surface area contributed by atoms with E-state index in [9.17, 15) is 30.3 Å². The predicted molar refractivity (Wildman–Crippen MR) is 201 cm³/mol. The van der Waals surface area contributed by atoms with Gasteiger partial charge in [0.25, 0.3) is 0 Å². The topological polar surface area (TPSA) is 243 Å². The monoisotopic (exact) mass is 785 g/mol. The van der Waals surface area contributed by atoms with Gasteiger partial charge >= 0.3 is 5.97 Å². The molecule has 16 heteroatoms. The van der Waals surface area contributed by atoms with Gasteiger partial charge < -0.3 is 74.7 Å². The molecule has 3 aliphatic heterocycles. The highest BCUT2D eigenvalue weighted by atomic mass is 16.7. The Morgan fingerprint density at radius 1 is 0.926 bits per heavy atom. The molecular weight excluding hydrogens is 708 g/mol. The van der Waals surface area contributed by atoms with E-state index in [1.807, 2.05) is 51.7 Å². The van der Waals surface area contributed by atoms with Crippen LogP contribution in [0.1, 0.15) is 94.9 Å². The molecule has 322 valence electrons. The Balaban J connectivity index is 0.00000729. The van der Waals surface area contributed by atoms with E-state index in [-0.39, 0.29) is 48.3 Å². The Hall–Kier alpha value is -1.09. The molecule has 0 aromatic carbocycles. The van der Waals surface area contributed by atoms with Crippen LogP contribution < -0.4 is 0 Å². The normalized spacial score (nSPS) is 47.8. The molecule has 0 bridgehead atoms. The SMILES string of the molecule is CC[C@H]1OC(=O)[C@H](C)C(OC2CC(C)(OC)C(O)C(C)O2)[C@H](C)[C@@H](OC2OC(C)CC(N(C)C)C2O)[C@](C)(O)C[C@@H](C)CN(C)[C@H](C)[C@@H](O)[C@]1(C)O.O.O. The molecule has 9 unspecified atom stereocenters. The number of carbonyl (C=O) groups excluding carboxylic acids is 1. The summed E-state index contributed by atoms with van der Waals surface area (Å²) in [5.41, 5.74) is -4.37. The van der Waals surface area contributed by atoms with Gasteiger partial charge in [0, 0.05) is 38.1 Å². The molecular formula is C38H76N2O14. The van der Waals surface area contributed by atoms with Crippen molar-refractivity contribution >= 4 is 5.97 Å². The minimum absolute atomic E-state index is 0. The van der Waals surface area contributed by atoms with Crippen LogP contribution in [0.2, 0.25) is 0 Å². The Kier molecular flexibility index (Phi) is 18.9. The molecule has 3 aliphatic rings. The van der Waals surface area contributed by atoms with E-state index >= 15 is 0 Å². The van der Waals surface area contributed by atoms with Crippen molar-refractivity contribution in [3.8, 4) is 0 Å². The highest BCUT2D eigenvalue weighted by molar-refractivity contribution is 5.73. The maximum atomic E-state index is 14.2. The molecule has 18 atom stereocenters. The lowest BCUT2D eigenvalue weighted by Crippen LogP contribution is -2.60. The van der Waals surface area contributed by atoms with Crippen LogP contribution in [0.5, 0.6) is 0 Å². The number of esters is 1. The summed E-state index contributed by atoms with van der Waals surface area (Å²) >= 11 is 0. The number of likely N-dealkylation sites (N-methyl/N-ethyl adjacent to an activating group) is 2. The lowest BCUT2D eigenvalue weighted by molar-refractivity contribution is -0.318. The molecule has 54 heavy (non-hydrogen) atoms. The quantitative estimate of drug-likeness (QED) is 0.218. The van der Waals surface area contributed by atoms with Crippen molar-refractivity contribution in [2.75, 3.05) is 34.8 Å². The number of cyclic esters (lactones) is 1. The number of aliphatic hydroxyl groups is 5. The smallest absolute Gasteiger partial charge is 0.311 e. The van der Waals surface area contributed by atoms with Crippen LogP contribution >= 0.6 is 0 Å². The first-order valence-electron chi connectivity index (χ1n) is 19.1. The van der Waals surface area contributed by atoms with Crippen molar-refractivity contribution in [3.63, 3.8) is 0 Å². The molecule has 0 aliphatic carbocycles. The lowest BCUT2D eigenvalue weighted by Gasteiger charge is -2.48. The average molecular weight is 785 g/mol. The number of nitrogens with zero attached hydrogens (tertiary/aromatic N) is 2. The van der Waals surface area contributed by atoms with E-state index in [0.29, 0.717) is 13.0 Å². The van der Waals surface area contributed by atoms with Gasteiger partial charge in [-0.25, -0.2) is 0 Å². The number of carbonyl (C=O) groups is 1. The number of ether oxygens (including phenoxy) is 6. The van der Waals surface area contributed by atoms with Crippen LogP contribution in [0, 0.1) is 17.8 Å². The molecule has 3 fully saturated rings. The number of methoxy groups -OCH3 is 1. The summed E-state index contributed by atoms with van der Waals surface area (Å²) in [4.78, 5) is 18.0. The second-order valence-corrected chi connectivity index (χ2v) is 17.2. The average Bonchev–Trinajstić information content (AvgIpc) is 3.05. The maximum Gasteiger partial charge on any atom is 0.311 e. The maximum absolute atomic E-state index is 14.2. The van der Waals surface area contributed by atoms with Crippen molar-refractivity contribution in [2.45, 2.75) is 185 Å². The third kappa shape index (κ3) is 11.3. The molecule has 0 saturated carbocycles. The van der Waals surface area contributed by atoms with Crippen LogP contribution in [-0.4, -0.2) is 177 Å². The summed E-state index contributed by atoms with van der Waals surface area (Å²) in [6.45, 7) is 18.0. The highest BCUT2D eigenvalue weighted by Gasteiger charge is 2.52. The molecule has 9 N–H and O–H groups in total. The molecule has 16 nitrogen and oxygen atoms in total. The second-order valence-electron chi connectivity index (χ2n) is 17.2. The summed E-state index contributed by atoms with van der Waals surface area (Å²) in [6.07, 6.45) is -8.19. The summed E-state index contributed by atoms with van der Waals surface area (Å²) in [5.74, 6) is -2.58. The third-order valence-corrected chi connectivity index (χ3v) is 12.2. The van der Waals surface area contributed by atoms with Gasteiger partial charge in [0.15, 0.2) is 12.6 Å². The zero-order valence-corrected chi connectivity index (χ0v) is 35.2. The molecule has 0 aromatic rings. The molecule has 3 heterocycles. The molecule has 3 rings (SSSR count). The van der Waals surface area contributed by atoms with Gasteiger partial charge in [0.05, 0.1) is 41.5 Å². The Morgan fingerprint density at radius 2 is 1.52 bits per heavy atom. The first kappa shape index (κ1) is 50.9. The predicted octanol–water partition coefficient (Wildman–Crippen LogP) is 0.251. The standard InChI is InChI=1S/C38H72N2O12.2H2O/c1-15-27-38(10,46)31(42)24(6)40(13)19-20(2)17-36(8,45)33(52-35-29(41)26(39(11)12)16-21(3)48-35)22(4)30(23(5)34(44)50-27)51-28-18-37(9,47-14)32(43)25(7)49-28;;/h20-33,35,41-43,45-46H,15-19H2,1-14H3;2*1H2/t20-,21?,22+,23-,24-,25?,26?,27-,28?,29?,30?,31-,32?,33-,35?,36-,37?,38-;;/m1../s1. The van der Waals surface area contributed by atoms with E-state index in [0.717, 1.165) is 0 Å². The number of aliphatic hydroxyl groups excluding tert-OH is 3. The van der Waals surface area contributed by atoms with Gasteiger partial charge in [0.2, 0.25) is 0 Å². The zero-order valence-electron chi connectivity index (χ0n) is 35.2. The van der Waals surface area contributed by atoms with E-state index < -0.39 is 96.0 Å². The number of rotatable bonds is 7. The number of hydrogen-bond donors (Lipinski definition) is 5. The van der Waals surface area contributed by atoms with E-state index in [1.165, 1.54) is 14.0 Å². The van der Waals surface area contributed by atoms with Crippen molar-refractivity contribution in [1.29, 1.82) is 0 Å². The first-order chi connectivity index (χ1) is 23.9. The van der Waals surface area contributed by atoms with E-state index in [4.69, 9.17) is 28.4 Å². The third-order valence-electron chi connectivity index (χ3n) is 12.2. The van der Waals surface area contributed by atoms with E-state index in [1.54, 1.807) is 41.5 Å². The highest BCUT2D eigenvalue weighted by Crippen LogP contribution is 2.40. The van der Waals surface area contributed by atoms with Crippen LogP contribution in [0.25, 0.3) is 0 Å². The minimum atomic E-state index is -1.80. The second kappa shape index (κ2) is 20.1.